The van der Waals surface area contributed by atoms with Crippen LogP contribution >= 0.6 is 0 Å². The highest BCUT2D eigenvalue weighted by Gasteiger charge is 2.23. The van der Waals surface area contributed by atoms with Gasteiger partial charge in [-0.15, -0.1) is 0 Å². The van der Waals surface area contributed by atoms with Gasteiger partial charge in [-0.1, -0.05) is 72.3 Å². The first-order chi connectivity index (χ1) is 52.1. The first-order valence-electron chi connectivity index (χ1n) is 31.8. The highest BCUT2D eigenvalue weighted by Crippen LogP contribution is 2.23. The molecule has 600 valence electrons. The monoisotopic (exact) mass is 1610 g/mol. The van der Waals surface area contributed by atoms with E-state index in [-0.39, 0.29) is 34.4 Å². The van der Waals surface area contributed by atoms with Gasteiger partial charge in [0.05, 0.1) is 0 Å². The van der Waals surface area contributed by atoms with Crippen molar-refractivity contribution in [3.8, 4) is 0 Å². The van der Waals surface area contributed by atoms with Gasteiger partial charge in [0.25, 0.3) is 0 Å². The second kappa shape index (κ2) is 49.0. The molecule has 0 amide bonds. The molecule has 28 heteroatoms. The van der Waals surface area contributed by atoms with Crippen molar-refractivity contribution in [1.29, 1.82) is 0 Å². The molecule has 0 bridgehead atoms. The van der Waals surface area contributed by atoms with Gasteiger partial charge in [0, 0.05) is 23.8 Å². The van der Waals surface area contributed by atoms with Crippen LogP contribution < -0.4 is 0 Å². The molecular weight excluding hydrogens is 1540 g/mol. The highest BCUT2D eigenvalue weighted by molar-refractivity contribution is 5.26. The molecule has 0 aliphatic heterocycles. The highest BCUT2D eigenvalue weighted by atomic mass is 19.2. The third kappa shape index (κ3) is 36.5. The maximum atomic E-state index is 12.4. The smallest absolute Gasteiger partial charge is 0.200 e. The normalized spacial score (nSPS) is 9.79. The van der Waals surface area contributed by atoms with E-state index in [1.807, 2.05) is 26.0 Å². The van der Waals surface area contributed by atoms with Gasteiger partial charge in [0.15, 0.2) is 98.9 Å². The fourth-order valence-corrected chi connectivity index (χ4v) is 7.54. The zero-order chi connectivity index (χ0) is 85.7. The number of benzene rings is 12. The third-order valence-electron chi connectivity index (χ3n) is 13.6. The van der Waals surface area contributed by atoms with Crippen LogP contribution in [0.25, 0.3) is 0 Å². The van der Waals surface area contributed by atoms with E-state index >= 15 is 0 Å². The number of halogens is 28. The second-order valence-electron chi connectivity index (χ2n) is 23.2. The van der Waals surface area contributed by atoms with Gasteiger partial charge in [0.2, 0.25) is 5.82 Å². The molecule has 0 aliphatic rings. The minimum absolute atomic E-state index is 0.0162. The molecule has 0 spiro atoms. The van der Waals surface area contributed by atoms with Crippen LogP contribution in [0.15, 0.2) is 194 Å². The van der Waals surface area contributed by atoms with E-state index in [9.17, 15) is 123 Å². The number of aryl methyl sites for hydroxylation is 11. The molecule has 0 unspecified atom stereocenters. The lowest BCUT2D eigenvalue weighted by Crippen LogP contribution is -2.03. The summed E-state index contributed by atoms with van der Waals surface area (Å²) < 4.78 is 343. The molecule has 0 aromatic heterocycles. The largest absolute Gasteiger partial charge is 0.207 e. The third-order valence-corrected chi connectivity index (χ3v) is 13.6. The quantitative estimate of drug-likeness (QED) is 0.0806. The summed E-state index contributed by atoms with van der Waals surface area (Å²) in [5, 5.41) is 0. The summed E-state index contributed by atoms with van der Waals surface area (Å²) in [7, 11) is 0. The molecule has 0 saturated heterocycles. The van der Waals surface area contributed by atoms with Crippen LogP contribution in [0.4, 0.5) is 123 Å². The molecule has 12 rings (SSSR count). The first kappa shape index (κ1) is 98.7. The van der Waals surface area contributed by atoms with Gasteiger partial charge in [-0.3, -0.25) is 0 Å². The van der Waals surface area contributed by atoms with Gasteiger partial charge in [-0.25, -0.2) is 123 Å². The summed E-state index contributed by atoms with van der Waals surface area (Å²) in [6, 6.07) is 41.8. The molecule has 0 nitrogen and oxygen atoms in total. The van der Waals surface area contributed by atoms with Gasteiger partial charge in [-0.2, -0.15) is 0 Å². The van der Waals surface area contributed by atoms with Crippen LogP contribution in [0.3, 0.4) is 0 Å². The minimum Gasteiger partial charge on any atom is -0.207 e. The summed E-state index contributed by atoms with van der Waals surface area (Å²) in [4.78, 5) is 0. The van der Waals surface area contributed by atoms with E-state index in [1.54, 1.807) is 58.0 Å². The fourth-order valence-electron chi connectivity index (χ4n) is 7.54. The minimum atomic E-state index is -2.13. The van der Waals surface area contributed by atoms with E-state index in [2.05, 4.69) is 0 Å². The molecule has 0 radical (unpaired) electrons. The maximum absolute atomic E-state index is 12.4. The Hall–Kier alpha value is -11.3. The van der Waals surface area contributed by atoms with Gasteiger partial charge in [-0.05, 0) is 248 Å². The molecule has 112 heavy (non-hydrogen) atoms. The summed E-state index contributed by atoms with van der Waals surface area (Å²) in [5.41, 5.74) is 4.48. The molecule has 0 aliphatic carbocycles. The summed E-state index contributed by atoms with van der Waals surface area (Å²) in [5.74, 6) is -28.7. The number of hydrogen-bond donors (Lipinski definition) is 0. The van der Waals surface area contributed by atoms with Crippen molar-refractivity contribution < 1.29 is 123 Å². The van der Waals surface area contributed by atoms with E-state index in [0.29, 0.717) is 45.5 Å². The van der Waals surface area contributed by atoms with Gasteiger partial charge < -0.3 is 0 Å². The Morgan fingerprint density at radius 2 is 0.482 bits per heavy atom. The molecule has 12 aromatic rings. The van der Waals surface area contributed by atoms with Crippen molar-refractivity contribution in [3.63, 3.8) is 0 Å². The number of hydrogen-bond acceptors (Lipinski definition) is 0. The molecular formula is C84H68F28. The lowest BCUT2D eigenvalue weighted by molar-refractivity contribution is 0.373. The Labute approximate surface area is 627 Å². The van der Waals surface area contributed by atoms with Crippen LogP contribution in [0.1, 0.15) is 66.8 Å². The van der Waals surface area contributed by atoms with Crippen molar-refractivity contribution in [2.24, 2.45) is 0 Å². The summed E-state index contributed by atoms with van der Waals surface area (Å²) >= 11 is 0. The molecule has 0 heterocycles. The van der Waals surface area contributed by atoms with E-state index in [0.717, 1.165) is 97.3 Å². The SMILES string of the molecule is Cc1c(F)c(F)c(F)c(F)c1F.Cc1cc(F)c(F)c(F)c1.Cc1cc(F)c(F)c(F)c1F.Cc1cc(F)cc(F)c1.Cc1cc(F)cc(F)c1F.Cc1cc(F)ccc1F.Cc1ccc(F)c(F)c1.Cc1ccc(F)cc1.Cc1ccc(F)cc1F.Cc1cccc(F)c1.Cc1cccc(F)c1F.Cc1ccccc1F. The van der Waals surface area contributed by atoms with E-state index in [1.165, 1.54) is 100 Å². The Bertz CT molecular complexity index is 4480. The standard InChI is InChI=1S/C7H3F5.C7H4F4.2C7H5F3.5C7H6F2.3C7H7F/c1-2-3(8)5(10)7(12)6(11)4(2)9;1-3-2-4(8)6(10)7(11)5(3)9;1-4-2-5(8)3-6(9)7(4)10;1-4-2-5(8)7(10)6(9)3-4;1-5-2-6(8)4-7(9)3-5;1-5-4-6(8)2-3-7(5)9;1-5-2-3-6(8)4-7(5)9;1-5-2-3-6(8)7(9)4-5;1-5-3-2-4-6(8)7(5)9;1-6-2-4-7(8)5-3-6;1-6-3-2-4-7(8)5-6;1-6-4-2-3-5-7(6)8/h1H3;2H,1H3;2*2-3H,1H3;5*2-4H,1H3;3*2-5H,1H3. The van der Waals surface area contributed by atoms with Crippen LogP contribution in [0.2, 0.25) is 0 Å². The average Bonchev–Trinajstić information content (AvgIpc) is 0.807. The molecule has 0 atom stereocenters. The zero-order valence-electron chi connectivity index (χ0n) is 61.1. The molecule has 0 fully saturated rings. The molecule has 12 aromatic carbocycles. The first-order valence-corrected chi connectivity index (χ1v) is 31.8. The lowest BCUT2D eigenvalue weighted by atomic mass is 10.2. The van der Waals surface area contributed by atoms with Crippen LogP contribution in [0.5, 0.6) is 0 Å². The Balaban J connectivity index is 0.000000612. The van der Waals surface area contributed by atoms with Crippen molar-refractivity contribution >= 4 is 0 Å². The summed E-state index contributed by atoms with van der Waals surface area (Å²) in [6.07, 6.45) is 0. The van der Waals surface area contributed by atoms with Crippen molar-refractivity contribution in [2.45, 2.75) is 83.1 Å². The summed E-state index contributed by atoms with van der Waals surface area (Å²) in [6.45, 7) is 18.3. The van der Waals surface area contributed by atoms with Crippen molar-refractivity contribution in [2.75, 3.05) is 0 Å². The maximum Gasteiger partial charge on any atom is 0.200 e. The van der Waals surface area contributed by atoms with Gasteiger partial charge in [0.1, 0.15) is 58.2 Å². The molecule has 0 N–H and O–H groups in total. The lowest BCUT2D eigenvalue weighted by Gasteiger charge is -2.02. The Morgan fingerprint density at radius 1 is 0.134 bits per heavy atom. The van der Waals surface area contributed by atoms with Crippen LogP contribution in [-0.4, -0.2) is 0 Å². The predicted molar refractivity (Wildman–Crippen MR) is 373 cm³/mol. The zero-order valence-corrected chi connectivity index (χ0v) is 61.1. The average molecular weight is 1610 g/mol. The second-order valence-corrected chi connectivity index (χ2v) is 23.2. The van der Waals surface area contributed by atoms with Crippen molar-refractivity contribution in [1.82, 2.24) is 0 Å². The Morgan fingerprint density at radius 3 is 0.902 bits per heavy atom. The topological polar surface area (TPSA) is 0 Å². The Kier molecular flexibility index (Phi) is 43.2. The fraction of sp³-hybridized carbons (Fsp3) is 0.143. The van der Waals surface area contributed by atoms with E-state index < -0.39 is 145 Å². The van der Waals surface area contributed by atoms with E-state index in [4.69, 9.17) is 0 Å². The van der Waals surface area contributed by atoms with Crippen LogP contribution in [-0.2, 0) is 0 Å². The van der Waals surface area contributed by atoms with Crippen molar-refractivity contribution in [3.05, 3.63) is 424 Å². The number of rotatable bonds is 0. The predicted octanol–water partition coefficient (Wildman–Crippen LogP) is 27.8. The van der Waals surface area contributed by atoms with Crippen LogP contribution in [0, 0.1) is 246 Å². The van der Waals surface area contributed by atoms with Gasteiger partial charge >= 0.3 is 0 Å². The molecule has 0 saturated carbocycles.